The lowest BCUT2D eigenvalue weighted by atomic mass is 10.1. The molecule has 0 aromatic rings. The van der Waals surface area contributed by atoms with E-state index in [0.717, 1.165) is 6.42 Å². The molecule has 0 aliphatic rings. The summed E-state index contributed by atoms with van der Waals surface area (Å²) < 4.78 is 0. The first-order valence-corrected chi connectivity index (χ1v) is 6.80. The lowest BCUT2D eigenvalue weighted by molar-refractivity contribution is -0.122. The molecule has 4 nitrogen and oxygen atoms in total. The van der Waals surface area contributed by atoms with Gasteiger partial charge in [-0.3, -0.25) is 14.5 Å². The minimum absolute atomic E-state index is 0.0769. The first kappa shape index (κ1) is 17.1. The summed E-state index contributed by atoms with van der Waals surface area (Å²) in [5.41, 5.74) is 0. The van der Waals surface area contributed by atoms with Crippen molar-refractivity contribution in [3.8, 4) is 0 Å². The van der Waals surface area contributed by atoms with E-state index in [9.17, 15) is 9.59 Å². The van der Waals surface area contributed by atoms with Gasteiger partial charge in [0.05, 0.1) is 6.54 Å². The van der Waals surface area contributed by atoms with Gasteiger partial charge in [0.15, 0.2) is 0 Å². The molecule has 0 saturated heterocycles. The topological polar surface area (TPSA) is 49.4 Å². The Morgan fingerprint density at radius 1 is 1.17 bits per heavy atom. The summed E-state index contributed by atoms with van der Waals surface area (Å²) in [5, 5.41) is 2.88. The number of nitrogens with zero attached hydrogens (tertiary/aromatic N) is 1. The molecular weight excluding hydrogens is 228 g/mol. The average molecular weight is 256 g/mol. The fourth-order valence-corrected chi connectivity index (χ4v) is 1.42. The zero-order valence-corrected chi connectivity index (χ0v) is 12.5. The molecule has 4 heteroatoms. The molecule has 0 spiro atoms. The predicted octanol–water partition coefficient (Wildman–Crippen LogP) is 1.70. The van der Waals surface area contributed by atoms with Gasteiger partial charge in [0.2, 0.25) is 5.91 Å². The van der Waals surface area contributed by atoms with Crippen molar-refractivity contribution in [1.82, 2.24) is 10.2 Å². The molecular formula is C14H28N2O2. The quantitative estimate of drug-likeness (QED) is 0.683. The molecule has 0 fully saturated rings. The Balaban J connectivity index is 3.64. The molecule has 0 bridgehead atoms. The van der Waals surface area contributed by atoms with Crippen LogP contribution in [0.5, 0.6) is 0 Å². The molecule has 0 radical (unpaired) electrons. The lowest BCUT2D eigenvalue weighted by Gasteiger charge is -2.17. The van der Waals surface area contributed by atoms with Gasteiger partial charge in [-0.15, -0.1) is 0 Å². The van der Waals surface area contributed by atoms with Gasteiger partial charge in [-0.2, -0.15) is 0 Å². The summed E-state index contributed by atoms with van der Waals surface area (Å²) in [7, 11) is 1.90. The fraction of sp³-hybridized carbons (Fsp3) is 0.857. The van der Waals surface area contributed by atoms with E-state index in [2.05, 4.69) is 19.2 Å². The number of nitrogens with one attached hydrogen (secondary N) is 1. The first-order valence-electron chi connectivity index (χ1n) is 6.80. The molecule has 0 aromatic heterocycles. The summed E-state index contributed by atoms with van der Waals surface area (Å²) in [6.45, 7) is 9.81. The van der Waals surface area contributed by atoms with E-state index in [4.69, 9.17) is 0 Å². The van der Waals surface area contributed by atoms with Crippen LogP contribution < -0.4 is 5.32 Å². The lowest BCUT2D eigenvalue weighted by Crippen LogP contribution is -2.36. The Labute approximate surface area is 111 Å². The number of rotatable bonds is 9. The van der Waals surface area contributed by atoms with Crippen molar-refractivity contribution in [2.24, 2.45) is 11.8 Å². The molecule has 1 amide bonds. The van der Waals surface area contributed by atoms with Crippen molar-refractivity contribution in [3.63, 3.8) is 0 Å². The second-order valence-corrected chi connectivity index (χ2v) is 5.64. The Bertz CT molecular complexity index is 263. The molecule has 0 rings (SSSR count). The predicted molar refractivity (Wildman–Crippen MR) is 74.4 cm³/mol. The van der Waals surface area contributed by atoms with Crippen LogP contribution in [0.25, 0.3) is 0 Å². The average Bonchev–Trinajstić information content (AvgIpc) is 2.26. The Hall–Kier alpha value is -0.900. The van der Waals surface area contributed by atoms with Gasteiger partial charge < -0.3 is 5.32 Å². The zero-order chi connectivity index (χ0) is 14.1. The standard InChI is InChI=1S/C14H28N2O2/c1-11(2)6-7-14(18)15-8-9-16(5)10-13(17)12(3)4/h11-12H,6-10H2,1-5H3,(H,15,18). The molecule has 0 unspecified atom stereocenters. The van der Waals surface area contributed by atoms with Gasteiger partial charge in [0.1, 0.15) is 5.78 Å². The smallest absolute Gasteiger partial charge is 0.220 e. The Morgan fingerprint density at radius 3 is 2.28 bits per heavy atom. The SMILES string of the molecule is CC(C)CCC(=O)NCCN(C)CC(=O)C(C)C. The largest absolute Gasteiger partial charge is 0.355 e. The Morgan fingerprint density at radius 2 is 1.78 bits per heavy atom. The maximum Gasteiger partial charge on any atom is 0.220 e. The minimum atomic E-state index is 0.0769. The second kappa shape index (κ2) is 9.09. The third-order valence-electron chi connectivity index (χ3n) is 2.83. The maximum absolute atomic E-state index is 11.5. The maximum atomic E-state index is 11.5. The van der Waals surface area contributed by atoms with E-state index >= 15 is 0 Å². The van der Waals surface area contributed by atoms with Crippen molar-refractivity contribution in [2.45, 2.75) is 40.5 Å². The third-order valence-corrected chi connectivity index (χ3v) is 2.83. The Kier molecular flexibility index (Phi) is 8.63. The number of Topliss-reactive ketones (excluding diaryl/α,β-unsaturated/α-hetero) is 1. The van der Waals surface area contributed by atoms with Crippen LogP contribution in [-0.2, 0) is 9.59 Å². The van der Waals surface area contributed by atoms with Gasteiger partial charge in [-0.05, 0) is 19.4 Å². The van der Waals surface area contributed by atoms with E-state index in [0.29, 0.717) is 32.0 Å². The minimum Gasteiger partial charge on any atom is -0.355 e. The van der Waals surface area contributed by atoms with Crippen LogP contribution in [0.15, 0.2) is 0 Å². The van der Waals surface area contributed by atoms with Crippen LogP contribution in [0, 0.1) is 11.8 Å². The summed E-state index contributed by atoms with van der Waals surface area (Å²) in [4.78, 5) is 24.9. The molecule has 0 atom stereocenters. The van der Waals surface area contributed by atoms with E-state index < -0.39 is 0 Å². The molecule has 0 saturated carbocycles. The highest BCUT2D eigenvalue weighted by Crippen LogP contribution is 2.02. The number of hydrogen-bond donors (Lipinski definition) is 1. The van der Waals surface area contributed by atoms with Gasteiger partial charge in [0, 0.05) is 25.4 Å². The van der Waals surface area contributed by atoms with E-state index in [-0.39, 0.29) is 17.6 Å². The van der Waals surface area contributed by atoms with Crippen LogP contribution in [0.2, 0.25) is 0 Å². The number of likely N-dealkylation sites (N-methyl/N-ethyl adjacent to an activating group) is 1. The van der Waals surface area contributed by atoms with Crippen LogP contribution in [0.4, 0.5) is 0 Å². The molecule has 1 N–H and O–H groups in total. The van der Waals surface area contributed by atoms with Crippen molar-refractivity contribution in [2.75, 3.05) is 26.7 Å². The highest BCUT2D eigenvalue weighted by molar-refractivity contribution is 5.82. The van der Waals surface area contributed by atoms with Crippen LogP contribution in [0.3, 0.4) is 0 Å². The van der Waals surface area contributed by atoms with Gasteiger partial charge in [-0.1, -0.05) is 27.7 Å². The van der Waals surface area contributed by atoms with E-state index in [1.54, 1.807) is 0 Å². The van der Waals surface area contributed by atoms with Crippen LogP contribution >= 0.6 is 0 Å². The van der Waals surface area contributed by atoms with Crippen molar-refractivity contribution >= 4 is 11.7 Å². The molecule has 18 heavy (non-hydrogen) atoms. The third kappa shape index (κ3) is 9.16. The molecule has 0 aliphatic heterocycles. The summed E-state index contributed by atoms with van der Waals surface area (Å²) in [6, 6.07) is 0. The van der Waals surface area contributed by atoms with Crippen LogP contribution in [0.1, 0.15) is 40.5 Å². The normalized spacial score (nSPS) is 11.3. The summed E-state index contributed by atoms with van der Waals surface area (Å²) in [6.07, 6.45) is 1.51. The van der Waals surface area contributed by atoms with Gasteiger partial charge in [-0.25, -0.2) is 0 Å². The number of carbonyl (C=O) groups excluding carboxylic acids is 2. The summed E-state index contributed by atoms with van der Waals surface area (Å²) >= 11 is 0. The van der Waals surface area contributed by atoms with E-state index in [1.165, 1.54) is 0 Å². The van der Waals surface area contributed by atoms with E-state index in [1.807, 2.05) is 25.8 Å². The monoisotopic (exact) mass is 256 g/mol. The van der Waals surface area contributed by atoms with Crippen molar-refractivity contribution < 1.29 is 9.59 Å². The highest BCUT2D eigenvalue weighted by Gasteiger charge is 2.10. The van der Waals surface area contributed by atoms with Crippen molar-refractivity contribution in [3.05, 3.63) is 0 Å². The second-order valence-electron chi connectivity index (χ2n) is 5.64. The molecule has 0 heterocycles. The highest BCUT2D eigenvalue weighted by atomic mass is 16.1. The van der Waals surface area contributed by atoms with Gasteiger partial charge >= 0.3 is 0 Å². The molecule has 0 aliphatic carbocycles. The first-order chi connectivity index (χ1) is 8.32. The number of ketones is 1. The van der Waals surface area contributed by atoms with Crippen molar-refractivity contribution in [1.29, 1.82) is 0 Å². The van der Waals surface area contributed by atoms with Gasteiger partial charge in [0.25, 0.3) is 0 Å². The molecule has 0 aromatic carbocycles. The summed E-state index contributed by atoms with van der Waals surface area (Å²) in [5.74, 6) is 0.978. The number of carbonyl (C=O) groups is 2. The number of amides is 1. The fourth-order valence-electron chi connectivity index (χ4n) is 1.42. The number of hydrogen-bond acceptors (Lipinski definition) is 3. The zero-order valence-electron chi connectivity index (χ0n) is 12.5. The van der Waals surface area contributed by atoms with Crippen LogP contribution in [-0.4, -0.2) is 43.3 Å². The molecule has 106 valence electrons.